The Kier molecular flexibility index (Phi) is 4.58. The number of carbonyl (C=O) groups excluding carboxylic acids is 1. The van der Waals surface area contributed by atoms with Crippen LogP contribution in [-0.4, -0.2) is 51.9 Å². The molecule has 1 fully saturated rings. The van der Waals surface area contributed by atoms with E-state index in [0.717, 1.165) is 25.0 Å². The summed E-state index contributed by atoms with van der Waals surface area (Å²) in [6.45, 7) is 4.76. The number of imidazole rings is 1. The van der Waals surface area contributed by atoms with Gasteiger partial charge in [0.25, 0.3) is 5.91 Å². The van der Waals surface area contributed by atoms with Gasteiger partial charge < -0.3 is 9.88 Å². The third kappa shape index (κ3) is 3.01. The zero-order chi connectivity index (χ0) is 17.1. The minimum Gasteiger partial charge on any atom is -0.347 e. The molecule has 2 heterocycles. The quantitative estimate of drug-likeness (QED) is 0.935. The minimum absolute atomic E-state index is 0.00131. The van der Waals surface area contributed by atoms with Gasteiger partial charge in [0.1, 0.15) is 17.7 Å². The number of nitriles is 1. The number of amides is 1. The number of rotatable bonds is 3. The number of carbonyl (C=O) groups is 1. The van der Waals surface area contributed by atoms with Gasteiger partial charge in [-0.25, -0.2) is 9.37 Å². The Bertz CT molecular complexity index is 768. The molecule has 2 aromatic rings. The van der Waals surface area contributed by atoms with Crippen molar-refractivity contribution in [1.29, 1.82) is 5.26 Å². The first-order valence-electron chi connectivity index (χ1n) is 7.86. The van der Waals surface area contributed by atoms with Gasteiger partial charge in [-0.3, -0.25) is 9.69 Å². The summed E-state index contributed by atoms with van der Waals surface area (Å²) in [5.41, 5.74) is 0.215. The number of likely N-dealkylation sites (N-methyl/N-ethyl adjacent to an activating group) is 1. The third-order valence-electron chi connectivity index (χ3n) is 4.35. The molecule has 6 nitrogen and oxygen atoms in total. The first kappa shape index (κ1) is 16.1. The van der Waals surface area contributed by atoms with Crippen molar-refractivity contribution < 1.29 is 9.18 Å². The van der Waals surface area contributed by atoms with Crippen molar-refractivity contribution in [3.8, 4) is 6.07 Å². The van der Waals surface area contributed by atoms with E-state index in [-0.39, 0.29) is 17.5 Å². The average molecular weight is 327 g/mol. The van der Waals surface area contributed by atoms with E-state index >= 15 is 0 Å². The van der Waals surface area contributed by atoms with E-state index in [1.807, 2.05) is 0 Å². The molecule has 7 heteroatoms. The van der Waals surface area contributed by atoms with Crippen molar-refractivity contribution in [2.45, 2.75) is 13.0 Å². The summed E-state index contributed by atoms with van der Waals surface area (Å²) < 4.78 is 13.5. The zero-order valence-electron chi connectivity index (χ0n) is 13.4. The standard InChI is InChI=1S/C17H18FN5O/c1-2-22-7-8-23(11-15(22)16-20-5-6-21-16)17(24)12-3-4-14(18)13(9-12)10-19/h3-6,9,15H,2,7-8,11H2,1H3,(H,20,21). The number of nitrogens with zero attached hydrogens (tertiary/aromatic N) is 4. The van der Waals surface area contributed by atoms with E-state index < -0.39 is 5.82 Å². The van der Waals surface area contributed by atoms with Crippen LogP contribution in [0.25, 0.3) is 0 Å². The second kappa shape index (κ2) is 6.81. The monoisotopic (exact) mass is 327 g/mol. The highest BCUT2D eigenvalue weighted by Crippen LogP contribution is 2.24. The normalized spacial score (nSPS) is 18.4. The molecule has 1 amide bonds. The summed E-state index contributed by atoms with van der Waals surface area (Å²) >= 11 is 0. The fourth-order valence-corrected chi connectivity index (χ4v) is 3.03. The lowest BCUT2D eigenvalue weighted by molar-refractivity contribution is 0.0480. The fraction of sp³-hybridized carbons (Fsp3) is 0.353. The van der Waals surface area contributed by atoms with Crippen LogP contribution >= 0.6 is 0 Å². The fourth-order valence-electron chi connectivity index (χ4n) is 3.03. The van der Waals surface area contributed by atoms with Gasteiger partial charge in [-0.15, -0.1) is 0 Å². The molecule has 124 valence electrons. The van der Waals surface area contributed by atoms with Crippen LogP contribution in [0.4, 0.5) is 4.39 Å². The van der Waals surface area contributed by atoms with Gasteiger partial charge in [0.2, 0.25) is 0 Å². The number of hydrogen-bond donors (Lipinski definition) is 1. The molecular formula is C17H18FN5O. The largest absolute Gasteiger partial charge is 0.347 e. The second-order valence-electron chi connectivity index (χ2n) is 5.68. The number of benzene rings is 1. The Morgan fingerprint density at radius 2 is 2.33 bits per heavy atom. The van der Waals surface area contributed by atoms with Crippen LogP contribution in [0, 0.1) is 17.1 Å². The smallest absolute Gasteiger partial charge is 0.254 e. The van der Waals surface area contributed by atoms with E-state index in [1.165, 1.54) is 12.1 Å². The van der Waals surface area contributed by atoms with Crippen molar-refractivity contribution >= 4 is 5.91 Å². The van der Waals surface area contributed by atoms with Gasteiger partial charge in [-0.05, 0) is 24.7 Å². The predicted molar refractivity (Wildman–Crippen MR) is 85.6 cm³/mol. The van der Waals surface area contributed by atoms with Crippen molar-refractivity contribution in [2.75, 3.05) is 26.2 Å². The number of piperazine rings is 1. The van der Waals surface area contributed by atoms with Crippen LogP contribution in [0.2, 0.25) is 0 Å². The highest BCUT2D eigenvalue weighted by atomic mass is 19.1. The Labute approximate surface area is 139 Å². The molecule has 0 radical (unpaired) electrons. The van der Waals surface area contributed by atoms with E-state index in [4.69, 9.17) is 5.26 Å². The molecule has 3 rings (SSSR count). The van der Waals surface area contributed by atoms with Crippen molar-refractivity contribution in [2.24, 2.45) is 0 Å². The highest BCUT2D eigenvalue weighted by Gasteiger charge is 2.31. The van der Waals surface area contributed by atoms with E-state index in [9.17, 15) is 9.18 Å². The van der Waals surface area contributed by atoms with Gasteiger partial charge in [0.05, 0.1) is 11.6 Å². The molecular weight excluding hydrogens is 309 g/mol. The van der Waals surface area contributed by atoms with E-state index in [0.29, 0.717) is 18.7 Å². The molecule has 0 aliphatic carbocycles. The lowest BCUT2D eigenvalue weighted by Crippen LogP contribution is -2.50. The summed E-state index contributed by atoms with van der Waals surface area (Å²) in [7, 11) is 0. The molecule has 1 saturated heterocycles. The van der Waals surface area contributed by atoms with Crippen LogP contribution in [-0.2, 0) is 0 Å². The van der Waals surface area contributed by atoms with Gasteiger partial charge in [0, 0.05) is 37.6 Å². The van der Waals surface area contributed by atoms with Crippen molar-refractivity contribution in [3.63, 3.8) is 0 Å². The molecule has 1 aromatic carbocycles. The van der Waals surface area contributed by atoms with Crippen LogP contribution in [0.15, 0.2) is 30.6 Å². The molecule has 0 spiro atoms. The Hall–Kier alpha value is -2.72. The molecule has 1 aliphatic rings. The summed E-state index contributed by atoms with van der Waals surface area (Å²) in [4.78, 5) is 24.2. The third-order valence-corrected chi connectivity index (χ3v) is 4.35. The Balaban J connectivity index is 1.82. The van der Waals surface area contributed by atoms with E-state index in [2.05, 4.69) is 21.8 Å². The van der Waals surface area contributed by atoms with E-state index in [1.54, 1.807) is 23.4 Å². The number of aromatic amines is 1. The number of halogens is 1. The van der Waals surface area contributed by atoms with Crippen LogP contribution < -0.4 is 0 Å². The molecule has 1 N–H and O–H groups in total. The Morgan fingerprint density at radius 1 is 1.50 bits per heavy atom. The first-order chi connectivity index (χ1) is 11.6. The maximum atomic E-state index is 13.5. The van der Waals surface area contributed by atoms with Gasteiger partial charge in [-0.2, -0.15) is 5.26 Å². The highest BCUT2D eigenvalue weighted by molar-refractivity contribution is 5.94. The maximum Gasteiger partial charge on any atom is 0.254 e. The second-order valence-corrected chi connectivity index (χ2v) is 5.68. The summed E-state index contributed by atoms with van der Waals surface area (Å²) in [5, 5.41) is 8.93. The summed E-state index contributed by atoms with van der Waals surface area (Å²) in [6, 6.07) is 5.67. The number of H-pyrrole nitrogens is 1. The zero-order valence-corrected chi connectivity index (χ0v) is 13.4. The predicted octanol–water partition coefficient (Wildman–Crippen LogP) is 1.94. The number of nitrogens with one attached hydrogen (secondary N) is 1. The van der Waals surface area contributed by atoms with Crippen LogP contribution in [0.3, 0.4) is 0 Å². The number of aromatic nitrogens is 2. The molecule has 0 saturated carbocycles. The van der Waals surface area contributed by atoms with Gasteiger partial charge in [0.15, 0.2) is 0 Å². The minimum atomic E-state index is -0.613. The Morgan fingerprint density at radius 3 is 3.00 bits per heavy atom. The molecule has 24 heavy (non-hydrogen) atoms. The van der Waals surface area contributed by atoms with Crippen molar-refractivity contribution in [1.82, 2.24) is 19.8 Å². The lowest BCUT2D eigenvalue weighted by atomic mass is 10.1. The van der Waals surface area contributed by atoms with Crippen LogP contribution in [0.5, 0.6) is 0 Å². The summed E-state index contributed by atoms with van der Waals surface area (Å²) in [6.07, 6.45) is 3.46. The topological polar surface area (TPSA) is 76.0 Å². The van der Waals surface area contributed by atoms with Crippen LogP contribution in [0.1, 0.15) is 34.7 Å². The first-order valence-corrected chi connectivity index (χ1v) is 7.86. The number of hydrogen-bond acceptors (Lipinski definition) is 4. The summed E-state index contributed by atoms with van der Waals surface area (Å²) in [5.74, 6) is 0.0169. The molecule has 1 atom stereocenters. The molecule has 1 aromatic heterocycles. The van der Waals surface area contributed by atoms with Gasteiger partial charge in [-0.1, -0.05) is 6.92 Å². The SMILES string of the molecule is CCN1CCN(C(=O)c2ccc(F)c(C#N)c2)CC1c1ncc[nH]1. The molecule has 1 aliphatic heterocycles. The molecule has 0 bridgehead atoms. The average Bonchev–Trinajstić information content (AvgIpc) is 3.15. The lowest BCUT2D eigenvalue weighted by Gasteiger charge is -2.40. The molecule has 1 unspecified atom stereocenters. The van der Waals surface area contributed by atoms with Crippen molar-refractivity contribution in [3.05, 3.63) is 53.4 Å². The maximum absolute atomic E-state index is 13.5. The van der Waals surface area contributed by atoms with Gasteiger partial charge >= 0.3 is 0 Å².